The summed E-state index contributed by atoms with van der Waals surface area (Å²) in [6.45, 7) is 4.15. The lowest BCUT2D eigenvalue weighted by molar-refractivity contribution is -0.146. The van der Waals surface area contributed by atoms with E-state index in [0.717, 1.165) is 38.4 Å². The Kier molecular flexibility index (Phi) is 7.58. The maximum atomic E-state index is 12.7. The van der Waals surface area contributed by atoms with E-state index in [1.165, 1.54) is 21.2 Å². The molecule has 30 heavy (non-hydrogen) atoms. The fourth-order valence-electron chi connectivity index (χ4n) is 4.25. The largest absolute Gasteiger partial charge is 0.401 e. The van der Waals surface area contributed by atoms with Crippen LogP contribution in [0.5, 0.6) is 0 Å². The van der Waals surface area contributed by atoms with Crippen molar-refractivity contribution in [3.8, 4) is 0 Å². The lowest BCUT2D eigenvalue weighted by Crippen LogP contribution is -2.42. The Labute approximate surface area is 176 Å². The molecule has 1 unspecified atom stereocenters. The van der Waals surface area contributed by atoms with E-state index < -0.39 is 12.7 Å². The van der Waals surface area contributed by atoms with E-state index in [1.807, 2.05) is 6.07 Å². The Morgan fingerprint density at radius 3 is 2.70 bits per heavy atom. The molecule has 1 heterocycles. The van der Waals surface area contributed by atoms with E-state index in [4.69, 9.17) is 0 Å². The molecule has 1 saturated heterocycles. The highest BCUT2D eigenvalue weighted by Gasteiger charge is 2.32. The van der Waals surface area contributed by atoms with Crippen molar-refractivity contribution < 1.29 is 13.2 Å². The summed E-state index contributed by atoms with van der Waals surface area (Å²) in [5.41, 5.74) is 1.29. The van der Waals surface area contributed by atoms with Gasteiger partial charge in [0.1, 0.15) is 0 Å². The second-order valence-corrected chi connectivity index (χ2v) is 7.91. The second-order valence-electron chi connectivity index (χ2n) is 7.91. The number of nitrogens with one attached hydrogen (secondary N) is 1. The summed E-state index contributed by atoms with van der Waals surface area (Å²) in [5.74, 6) is 1.06. The first-order chi connectivity index (χ1) is 14.4. The quantitative estimate of drug-likeness (QED) is 0.539. The van der Waals surface area contributed by atoms with Crippen LogP contribution in [0.3, 0.4) is 0 Å². The summed E-state index contributed by atoms with van der Waals surface area (Å²) in [4.78, 5) is 8.05. The van der Waals surface area contributed by atoms with Gasteiger partial charge in [-0.15, -0.1) is 0 Å². The molecule has 4 nitrogen and oxygen atoms in total. The van der Waals surface area contributed by atoms with Gasteiger partial charge in [0.25, 0.3) is 0 Å². The number of rotatable bonds is 7. The predicted octanol–water partition coefficient (Wildman–Crippen LogP) is 4.16. The monoisotopic (exact) mass is 420 g/mol. The molecule has 2 aromatic rings. The summed E-state index contributed by atoms with van der Waals surface area (Å²) in [6.07, 6.45) is -2.38. The molecule has 0 spiro atoms. The normalized spacial score (nSPS) is 17.9. The number of hydrogen-bond acceptors (Lipinski definition) is 2. The highest BCUT2D eigenvalue weighted by Crippen LogP contribution is 2.22. The minimum absolute atomic E-state index is 0.226. The minimum Gasteiger partial charge on any atom is -0.356 e. The average Bonchev–Trinajstić information content (AvgIpc) is 3.18. The van der Waals surface area contributed by atoms with Crippen LogP contribution >= 0.6 is 0 Å². The van der Waals surface area contributed by atoms with Crippen LogP contribution < -0.4 is 5.32 Å². The van der Waals surface area contributed by atoms with Crippen LogP contribution in [0.1, 0.15) is 18.9 Å². The van der Waals surface area contributed by atoms with Gasteiger partial charge in [-0.1, -0.05) is 49.4 Å². The third-order valence-corrected chi connectivity index (χ3v) is 5.72. The number of hydrogen-bond donors (Lipinski definition) is 1. The van der Waals surface area contributed by atoms with Crippen molar-refractivity contribution in [2.75, 3.05) is 46.3 Å². The van der Waals surface area contributed by atoms with Gasteiger partial charge in [0.05, 0.1) is 6.54 Å². The standard InChI is InChI=1S/C23H31F3N4/c1-3-29(17-23(24,25)26)15-18-12-14-30(16-18)22(27-2)28-13-11-20-9-6-8-19-7-4-5-10-21(19)20/h4-10,18H,3,11-17H2,1-2H3,(H,27,28). The van der Waals surface area contributed by atoms with Crippen LogP contribution in [-0.4, -0.2) is 68.3 Å². The van der Waals surface area contributed by atoms with Crippen LogP contribution in [0.4, 0.5) is 13.2 Å². The van der Waals surface area contributed by atoms with E-state index in [1.54, 1.807) is 14.0 Å². The molecular weight excluding hydrogens is 389 g/mol. The highest BCUT2D eigenvalue weighted by atomic mass is 19.4. The van der Waals surface area contributed by atoms with Gasteiger partial charge in [0.15, 0.2) is 5.96 Å². The van der Waals surface area contributed by atoms with Crippen molar-refractivity contribution in [3.63, 3.8) is 0 Å². The molecule has 0 aromatic heterocycles. The number of likely N-dealkylation sites (tertiary alicyclic amines) is 1. The summed E-state index contributed by atoms with van der Waals surface area (Å²) in [5, 5.41) is 5.94. The smallest absolute Gasteiger partial charge is 0.356 e. The Morgan fingerprint density at radius 1 is 1.20 bits per heavy atom. The molecular formula is C23H31F3N4. The molecule has 164 valence electrons. The number of guanidine groups is 1. The maximum absolute atomic E-state index is 12.7. The van der Waals surface area contributed by atoms with Gasteiger partial charge in [-0.05, 0) is 41.6 Å². The first-order valence-corrected chi connectivity index (χ1v) is 10.6. The molecule has 0 amide bonds. The van der Waals surface area contributed by atoms with Gasteiger partial charge >= 0.3 is 6.18 Å². The van der Waals surface area contributed by atoms with E-state index in [0.29, 0.717) is 13.1 Å². The lowest BCUT2D eigenvalue weighted by atomic mass is 10.0. The van der Waals surface area contributed by atoms with E-state index in [2.05, 4.69) is 51.6 Å². The van der Waals surface area contributed by atoms with Crippen molar-refractivity contribution in [1.82, 2.24) is 15.1 Å². The average molecular weight is 421 g/mol. The number of halogens is 3. The second kappa shape index (κ2) is 10.2. The van der Waals surface area contributed by atoms with Crippen molar-refractivity contribution in [1.29, 1.82) is 0 Å². The zero-order valence-electron chi connectivity index (χ0n) is 17.8. The van der Waals surface area contributed by atoms with E-state index in [-0.39, 0.29) is 5.92 Å². The Balaban J connectivity index is 1.51. The number of aliphatic imine (C=N–C) groups is 1. The first kappa shape index (κ1) is 22.4. The molecule has 0 radical (unpaired) electrons. The molecule has 1 atom stereocenters. The molecule has 7 heteroatoms. The predicted molar refractivity (Wildman–Crippen MR) is 117 cm³/mol. The van der Waals surface area contributed by atoms with Gasteiger partial charge in [0.2, 0.25) is 0 Å². The van der Waals surface area contributed by atoms with Crippen LogP contribution in [-0.2, 0) is 6.42 Å². The third kappa shape index (κ3) is 6.11. The van der Waals surface area contributed by atoms with Crippen LogP contribution in [0.2, 0.25) is 0 Å². The maximum Gasteiger partial charge on any atom is 0.401 e. The molecule has 0 bridgehead atoms. The molecule has 1 N–H and O–H groups in total. The topological polar surface area (TPSA) is 30.9 Å². The number of alkyl halides is 3. The van der Waals surface area contributed by atoms with Gasteiger partial charge in [-0.25, -0.2) is 0 Å². The summed E-state index contributed by atoms with van der Waals surface area (Å²) in [6, 6.07) is 14.7. The molecule has 1 aliphatic heterocycles. The van der Waals surface area contributed by atoms with E-state index >= 15 is 0 Å². The Morgan fingerprint density at radius 2 is 1.97 bits per heavy atom. The molecule has 2 aromatic carbocycles. The Bertz CT molecular complexity index is 844. The molecule has 0 saturated carbocycles. The Hall–Kier alpha value is -2.28. The molecule has 1 fully saturated rings. The first-order valence-electron chi connectivity index (χ1n) is 10.6. The SMILES string of the molecule is CCN(CC1CCN(C(=NC)NCCc2cccc3ccccc23)C1)CC(F)(F)F. The van der Waals surface area contributed by atoms with Crippen molar-refractivity contribution in [2.24, 2.45) is 10.9 Å². The zero-order valence-corrected chi connectivity index (χ0v) is 17.8. The summed E-state index contributed by atoms with van der Waals surface area (Å²) in [7, 11) is 1.76. The number of benzene rings is 2. The molecule has 3 rings (SSSR count). The van der Waals surface area contributed by atoms with E-state index in [9.17, 15) is 13.2 Å². The van der Waals surface area contributed by atoms with Gasteiger partial charge in [-0.2, -0.15) is 13.2 Å². The highest BCUT2D eigenvalue weighted by molar-refractivity contribution is 5.85. The lowest BCUT2D eigenvalue weighted by Gasteiger charge is -2.26. The van der Waals surface area contributed by atoms with Gasteiger partial charge < -0.3 is 10.2 Å². The van der Waals surface area contributed by atoms with Crippen molar-refractivity contribution in [2.45, 2.75) is 25.9 Å². The minimum atomic E-state index is -4.15. The van der Waals surface area contributed by atoms with Crippen LogP contribution in [0.15, 0.2) is 47.5 Å². The van der Waals surface area contributed by atoms with Crippen LogP contribution in [0.25, 0.3) is 10.8 Å². The molecule has 1 aliphatic rings. The fourth-order valence-corrected chi connectivity index (χ4v) is 4.25. The summed E-state index contributed by atoms with van der Waals surface area (Å²) >= 11 is 0. The van der Waals surface area contributed by atoms with Gasteiger partial charge in [-0.3, -0.25) is 9.89 Å². The van der Waals surface area contributed by atoms with Crippen molar-refractivity contribution in [3.05, 3.63) is 48.0 Å². The fraction of sp³-hybridized carbons (Fsp3) is 0.522. The van der Waals surface area contributed by atoms with Crippen LogP contribution in [0, 0.1) is 5.92 Å². The zero-order chi connectivity index (χ0) is 21.6. The van der Waals surface area contributed by atoms with Crippen molar-refractivity contribution >= 4 is 16.7 Å². The number of fused-ring (bicyclic) bond motifs is 1. The number of nitrogens with zero attached hydrogens (tertiary/aromatic N) is 3. The van der Waals surface area contributed by atoms with Gasteiger partial charge in [0, 0.05) is 33.2 Å². The summed E-state index contributed by atoms with van der Waals surface area (Å²) < 4.78 is 38.2. The molecule has 0 aliphatic carbocycles. The third-order valence-electron chi connectivity index (χ3n) is 5.72.